The van der Waals surface area contributed by atoms with E-state index in [1.807, 2.05) is 0 Å². The Labute approximate surface area is 138 Å². The third-order valence-electron chi connectivity index (χ3n) is 3.10. The minimum atomic E-state index is -0.785. The van der Waals surface area contributed by atoms with Gasteiger partial charge in [0.1, 0.15) is 11.6 Å². The van der Waals surface area contributed by atoms with Crippen molar-refractivity contribution in [3.05, 3.63) is 59.1 Å². The van der Waals surface area contributed by atoms with Gasteiger partial charge in [0.2, 0.25) is 0 Å². The summed E-state index contributed by atoms with van der Waals surface area (Å²) in [5.41, 5.74) is 2.37. The van der Waals surface area contributed by atoms with E-state index in [9.17, 15) is 18.4 Å². The Bertz CT molecular complexity index is 927. The van der Waals surface area contributed by atoms with Crippen molar-refractivity contribution < 1.29 is 23.1 Å². The fourth-order valence-corrected chi connectivity index (χ4v) is 2.69. The predicted molar refractivity (Wildman–Crippen MR) is 84.9 cm³/mol. The maximum absolute atomic E-state index is 13.4. The molecular weight excluding hydrogens is 338 g/mol. The quantitative estimate of drug-likeness (QED) is 0.734. The fourth-order valence-electron chi connectivity index (χ4n) is 1.98. The largest absolute Gasteiger partial charge is 0.452 e. The Kier molecular flexibility index (Phi) is 4.48. The molecule has 1 amide bonds. The zero-order valence-corrected chi connectivity index (χ0v) is 12.9. The second-order valence-electron chi connectivity index (χ2n) is 4.78. The summed E-state index contributed by atoms with van der Waals surface area (Å²) in [7, 11) is 0. The van der Waals surface area contributed by atoms with Crippen molar-refractivity contribution in [1.29, 1.82) is 0 Å². The number of thiazole rings is 1. The van der Waals surface area contributed by atoms with Gasteiger partial charge in [-0.1, -0.05) is 0 Å². The number of hydrogen-bond acceptors (Lipinski definition) is 5. The zero-order valence-electron chi connectivity index (χ0n) is 12.1. The van der Waals surface area contributed by atoms with Gasteiger partial charge in [-0.2, -0.15) is 0 Å². The molecule has 1 N–H and O–H groups in total. The summed E-state index contributed by atoms with van der Waals surface area (Å²) >= 11 is 1.37. The number of ether oxygens (including phenoxy) is 1. The number of carbonyl (C=O) groups is 2. The third kappa shape index (κ3) is 3.54. The van der Waals surface area contributed by atoms with Crippen molar-refractivity contribution in [3.8, 4) is 0 Å². The van der Waals surface area contributed by atoms with Gasteiger partial charge in [-0.25, -0.2) is 18.6 Å². The van der Waals surface area contributed by atoms with Gasteiger partial charge in [0.25, 0.3) is 5.91 Å². The van der Waals surface area contributed by atoms with Gasteiger partial charge in [0.05, 0.1) is 27.0 Å². The second kappa shape index (κ2) is 6.71. The number of nitrogens with zero attached hydrogens (tertiary/aromatic N) is 1. The number of amides is 1. The number of esters is 1. The van der Waals surface area contributed by atoms with Crippen LogP contribution in [0, 0.1) is 11.6 Å². The SMILES string of the molecule is O=C(COC(=O)c1ccc2ncsc2c1)Nc1cc(F)ccc1F. The number of carbonyl (C=O) groups excluding carboxylic acids is 2. The zero-order chi connectivity index (χ0) is 17.1. The van der Waals surface area contributed by atoms with E-state index >= 15 is 0 Å². The highest BCUT2D eigenvalue weighted by molar-refractivity contribution is 7.16. The molecule has 0 radical (unpaired) electrons. The number of rotatable bonds is 4. The fraction of sp³-hybridized carbons (Fsp3) is 0.0625. The highest BCUT2D eigenvalue weighted by atomic mass is 32.1. The van der Waals surface area contributed by atoms with Gasteiger partial charge in [-0.05, 0) is 30.3 Å². The first-order chi connectivity index (χ1) is 11.5. The summed E-state index contributed by atoms with van der Waals surface area (Å²) in [5, 5.41) is 2.14. The Morgan fingerprint density at radius 1 is 1.17 bits per heavy atom. The maximum Gasteiger partial charge on any atom is 0.338 e. The minimum absolute atomic E-state index is 0.275. The van der Waals surface area contributed by atoms with Gasteiger partial charge in [0.15, 0.2) is 6.61 Å². The molecule has 2 aromatic carbocycles. The van der Waals surface area contributed by atoms with E-state index in [1.165, 1.54) is 17.4 Å². The molecule has 5 nitrogen and oxygen atoms in total. The lowest BCUT2D eigenvalue weighted by atomic mass is 10.2. The molecule has 0 unspecified atom stereocenters. The van der Waals surface area contributed by atoms with E-state index in [4.69, 9.17) is 4.74 Å². The number of anilines is 1. The molecule has 0 spiro atoms. The molecule has 0 saturated carbocycles. The molecule has 0 saturated heterocycles. The number of nitrogens with one attached hydrogen (secondary N) is 1. The number of aromatic nitrogens is 1. The van der Waals surface area contributed by atoms with Crippen molar-refractivity contribution >= 4 is 39.1 Å². The van der Waals surface area contributed by atoms with Crippen LogP contribution >= 0.6 is 11.3 Å². The Hall–Kier alpha value is -2.87. The molecule has 122 valence electrons. The van der Waals surface area contributed by atoms with E-state index in [2.05, 4.69) is 10.3 Å². The van der Waals surface area contributed by atoms with Crippen molar-refractivity contribution in [1.82, 2.24) is 4.98 Å². The highest BCUT2D eigenvalue weighted by Gasteiger charge is 2.13. The van der Waals surface area contributed by atoms with Crippen molar-refractivity contribution in [2.45, 2.75) is 0 Å². The van der Waals surface area contributed by atoms with E-state index in [-0.39, 0.29) is 11.3 Å². The van der Waals surface area contributed by atoms with Crippen LogP contribution in [0.3, 0.4) is 0 Å². The van der Waals surface area contributed by atoms with Crippen LogP contribution in [0.1, 0.15) is 10.4 Å². The third-order valence-corrected chi connectivity index (χ3v) is 3.90. The predicted octanol–water partition coefficient (Wildman–Crippen LogP) is 3.37. The molecule has 3 rings (SSSR count). The van der Waals surface area contributed by atoms with Crippen molar-refractivity contribution in [2.24, 2.45) is 0 Å². The summed E-state index contributed by atoms with van der Waals surface area (Å²) in [6, 6.07) is 7.48. The van der Waals surface area contributed by atoms with Crippen LogP contribution in [-0.2, 0) is 9.53 Å². The molecule has 0 aliphatic heterocycles. The Morgan fingerprint density at radius 3 is 2.83 bits per heavy atom. The molecule has 1 heterocycles. The van der Waals surface area contributed by atoms with Gasteiger partial charge in [-0.15, -0.1) is 11.3 Å². The van der Waals surface area contributed by atoms with Gasteiger partial charge >= 0.3 is 5.97 Å². The summed E-state index contributed by atoms with van der Waals surface area (Å²) in [6.07, 6.45) is 0. The van der Waals surface area contributed by atoms with Crippen molar-refractivity contribution in [3.63, 3.8) is 0 Å². The smallest absolute Gasteiger partial charge is 0.338 e. The lowest BCUT2D eigenvalue weighted by Gasteiger charge is -2.07. The van der Waals surface area contributed by atoms with Crippen LogP contribution in [0.5, 0.6) is 0 Å². The molecule has 24 heavy (non-hydrogen) atoms. The normalized spacial score (nSPS) is 10.6. The van der Waals surface area contributed by atoms with Crippen LogP contribution in [0.25, 0.3) is 10.2 Å². The lowest BCUT2D eigenvalue weighted by Crippen LogP contribution is -2.21. The van der Waals surface area contributed by atoms with E-state index < -0.39 is 30.1 Å². The van der Waals surface area contributed by atoms with Crippen molar-refractivity contribution in [2.75, 3.05) is 11.9 Å². The summed E-state index contributed by atoms with van der Waals surface area (Å²) in [4.78, 5) is 27.7. The van der Waals surface area contributed by atoms with E-state index in [0.29, 0.717) is 0 Å². The average molecular weight is 348 g/mol. The topological polar surface area (TPSA) is 68.3 Å². The van der Waals surface area contributed by atoms with E-state index in [0.717, 1.165) is 28.4 Å². The molecule has 8 heteroatoms. The average Bonchev–Trinajstić information content (AvgIpc) is 3.03. The molecule has 3 aromatic rings. The maximum atomic E-state index is 13.4. The summed E-state index contributed by atoms with van der Waals surface area (Å²) < 4.78 is 32.1. The highest BCUT2D eigenvalue weighted by Crippen LogP contribution is 2.19. The first kappa shape index (κ1) is 16.0. The van der Waals surface area contributed by atoms with E-state index in [1.54, 1.807) is 17.6 Å². The molecule has 0 fully saturated rings. The summed E-state index contributed by atoms with van der Waals surface area (Å²) in [6.45, 7) is -0.616. The first-order valence-corrected chi connectivity index (χ1v) is 7.66. The van der Waals surface area contributed by atoms with Gasteiger partial charge < -0.3 is 10.1 Å². The van der Waals surface area contributed by atoms with Crippen LogP contribution in [0.2, 0.25) is 0 Å². The number of fused-ring (bicyclic) bond motifs is 1. The van der Waals surface area contributed by atoms with Crippen LogP contribution in [-0.4, -0.2) is 23.5 Å². The lowest BCUT2D eigenvalue weighted by molar-refractivity contribution is -0.119. The number of hydrogen-bond donors (Lipinski definition) is 1. The monoisotopic (exact) mass is 348 g/mol. The van der Waals surface area contributed by atoms with Crippen LogP contribution < -0.4 is 5.32 Å². The molecule has 0 atom stereocenters. The standard InChI is InChI=1S/C16H10F2N2O3S/c17-10-2-3-11(18)13(6-10)20-15(21)7-23-16(22)9-1-4-12-14(5-9)24-8-19-12/h1-6,8H,7H2,(H,20,21). The van der Waals surface area contributed by atoms with Gasteiger partial charge in [-0.3, -0.25) is 4.79 Å². The second-order valence-corrected chi connectivity index (χ2v) is 5.67. The molecule has 0 bridgehead atoms. The Morgan fingerprint density at radius 2 is 2.00 bits per heavy atom. The Balaban J connectivity index is 1.61. The van der Waals surface area contributed by atoms with Gasteiger partial charge in [0, 0.05) is 6.07 Å². The molecule has 0 aliphatic carbocycles. The van der Waals surface area contributed by atoms with Crippen LogP contribution in [0.4, 0.5) is 14.5 Å². The molecule has 1 aromatic heterocycles. The molecule has 0 aliphatic rings. The first-order valence-electron chi connectivity index (χ1n) is 6.78. The summed E-state index contributed by atoms with van der Waals surface area (Å²) in [5.74, 6) is -2.94. The number of halogens is 2. The minimum Gasteiger partial charge on any atom is -0.452 e. The number of benzene rings is 2. The van der Waals surface area contributed by atoms with Crippen LogP contribution in [0.15, 0.2) is 41.9 Å². The molecular formula is C16H10F2N2O3S.